The maximum atomic E-state index is 12.4. The average Bonchev–Trinajstić information content (AvgIpc) is 3.56. The zero-order valence-electron chi connectivity index (χ0n) is 18.7. The van der Waals surface area contributed by atoms with Crippen LogP contribution in [-0.4, -0.2) is 66.2 Å². The number of fused-ring (bicyclic) bond motifs is 1. The maximum Gasteiger partial charge on any atom is 0.238 e. The Balaban J connectivity index is 1.25. The van der Waals surface area contributed by atoms with Gasteiger partial charge in [-0.3, -0.25) is 19.2 Å². The van der Waals surface area contributed by atoms with Crippen molar-refractivity contribution in [1.29, 1.82) is 0 Å². The van der Waals surface area contributed by atoms with Crippen LogP contribution in [0.4, 0.5) is 17.5 Å². The first-order valence-corrected chi connectivity index (χ1v) is 12.0. The number of aryl methyl sites for hydroxylation is 1. The Morgan fingerprint density at radius 3 is 2.88 bits per heavy atom. The number of rotatable bonds is 8. The largest absolute Gasteiger partial charge is 0.395 e. The van der Waals surface area contributed by atoms with E-state index < -0.39 is 0 Å². The number of carbonyl (C=O) groups excluding carboxylic acids is 1. The average molecular weight is 479 g/mol. The van der Waals surface area contributed by atoms with Crippen LogP contribution in [0.2, 0.25) is 0 Å². The van der Waals surface area contributed by atoms with Crippen LogP contribution in [0, 0.1) is 6.92 Å². The number of carbonyl (C=O) groups is 1. The summed E-state index contributed by atoms with van der Waals surface area (Å²) in [5.41, 5.74) is 2.46. The summed E-state index contributed by atoms with van der Waals surface area (Å²) in [6.45, 7) is 3.17. The molecule has 4 heterocycles. The van der Waals surface area contributed by atoms with E-state index in [0.717, 1.165) is 41.3 Å². The van der Waals surface area contributed by atoms with Crippen molar-refractivity contribution in [3.05, 3.63) is 54.4 Å². The SMILES string of the molecule is Cc1cc(Nc2nc(Sc3ccc(NC(=O)CN4CCC[C@H]4CO)cc3)nc3cccn23)n[nH]1. The fourth-order valence-electron chi connectivity index (χ4n) is 4.05. The molecule has 34 heavy (non-hydrogen) atoms. The first-order chi connectivity index (χ1) is 16.6. The molecule has 4 aromatic rings. The molecule has 0 bridgehead atoms. The predicted octanol–water partition coefficient (Wildman–Crippen LogP) is 3.05. The number of H-pyrrole nitrogens is 1. The summed E-state index contributed by atoms with van der Waals surface area (Å²) in [5, 5.41) is 23.3. The summed E-state index contributed by atoms with van der Waals surface area (Å²) in [4.78, 5) is 24.7. The quantitative estimate of drug-likeness (QED) is 0.305. The van der Waals surface area contributed by atoms with Gasteiger partial charge in [-0.2, -0.15) is 10.1 Å². The number of anilines is 3. The lowest BCUT2D eigenvalue weighted by Gasteiger charge is -2.21. The number of nitrogens with zero attached hydrogens (tertiary/aromatic N) is 5. The van der Waals surface area contributed by atoms with Gasteiger partial charge in [-0.25, -0.2) is 4.98 Å². The van der Waals surface area contributed by atoms with Crippen LogP contribution >= 0.6 is 11.8 Å². The van der Waals surface area contributed by atoms with Crippen molar-refractivity contribution in [1.82, 2.24) is 29.5 Å². The highest BCUT2D eigenvalue weighted by atomic mass is 32.2. The normalized spacial score (nSPS) is 16.2. The Hall–Kier alpha value is -3.41. The lowest BCUT2D eigenvalue weighted by Crippen LogP contribution is -2.38. The molecule has 10 nitrogen and oxygen atoms in total. The van der Waals surface area contributed by atoms with Gasteiger partial charge in [0.1, 0.15) is 5.65 Å². The molecule has 0 aliphatic carbocycles. The minimum atomic E-state index is -0.0768. The minimum absolute atomic E-state index is 0.0768. The first kappa shape index (κ1) is 22.4. The molecule has 11 heteroatoms. The van der Waals surface area contributed by atoms with Crippen molar-refractivity contribution in [3.63, 3.8) is 0 Å². The van der Waals surface area contributed by atoms with Crippen LogP contribution in [0.25, 0.3) is 5.65 Å². The minimum Gasteiger partial charge on any atom is -0.395 e. The second-order valence-corrected chi connectivity index (χ2v) is 9.29. The molecule has 1 fully saturated rings. The number of hydrogen-bond donors (Lipinski definition) is 4. The smallest absolute Gasteiger partial charge is 0.238 e. The Labute approximate surface area is 200 Å². The Morgan fingerprint density at radius 1 is 1.26 bits per heavy atom. The molecular weight excluding hydrogens is 452 g/mol. The van der Waals surface area contributed by atoms with E-state index in [9.17, 15) is 9.90 Å². The van der Waals surface area contributed by atoms with Crippen molar-refractivity contribution in [2.75, 3.05) is 30.3 Å². The van der Waals surface area contributed by atoms with Crippen molar-refractivity contribution in [3.8, 4) is 0 Å². The first-order valence-electron chi connectivity index (χ1n) is 11.1. The van der Waals surface area contributed by atoms with Crippen LogP contribution in [0.5, 0.6) is 0 Å². The van der Waals surface area contributed by atoms with Crippen molar-refractivity contribution < 1.29 is 9.90 Å². The third-order valence-corrected chi connectivity index (χ3v) is 6.59. The van der Waals surface area contributed by atoms with Gasteiger partial charge in [0.05, 0.1) is 13.2 Å². The molecule has 4 N–H and O–H groups in total. The highest BCUT2D eigenvalue weighted by molar-refractivity contribution is 7.99. The monoisotopic (exact) mass is 478 g/mol. The standard InChI is InChI=1S/C23H26N8O2S/c1-15-12-19(29-28-15)25-22-27-23(26-20-5-3-11-31(20)22)34-18-8-6-16(7-9-18)24-21(33)13-30-10-2-4-17(30)14-32/h3,5-9,11-12,17,32H,2,4,10,13-14H2,1H3,(H,24,33)(H2,25,26,27,28,29)/t17-/m0/s1. The summed E-state index contributed by atoms with van der Waals surface area (Å²) in [6.07, 6.45) is 3.85. The molecule has 0 unspecified atom stereocenters. The molecule has 1 aliphatic heterocycles. The summed E-state index contributed by atoms with van der Waals surface area (Å²) < 4.78 is 1.87. The lowest BCUT2D eigenvalue weighted by molar-refractivity contribution is -0.117. The van der Waals surface area contributed by atoms with Crippen molar-refractivity contribution in [2.24, 2.45) is 0 Å². The molecule has 0 spiro atoms. The molecule has 0 radical (unpaired) electrons. The van der Waals surface area contributed by atoms with E-state index in [1.807, 2.05) is 64.9 Å². The predicted molar refractivity (Wildman–Crippen MR) is 130 cm³/mol. The zero-order chi connectivity index (χ0) is 23.5. The molecule has 0 saturated carbocycles. The van der Waals surface area contributed by atoms with Gasteiger partial charge in [-0.15, -0.1) is 0 Å². The molecule has 1 atom stereocenters. The van der Waals surface area contributed by atoms with Crippen LogP contribution < -0.4 is 10.6 Å². The number of aromatic nitrogens is 5. The number of benzene rings is 1. The van der Waals surface area contributed by atoms with Gasteiger partial charge >= 0.3 is 0 Å². The molecule has 1 saturated heterocycles. The van der Waals surface area contributed by atoms with Crippen LogP contribution in [0.15, 0.2) is 58.7 Å². The number of aliphatic hydroxyl groups excluding tert-OH is 1. The van der Waals surface area contributed by atoms with Gasteiger partial charge in [-0.1, -0.05) is 0 Å². The number of amides is 1. The van der Waals surface area contributed by atoms with Gasteiger partial charge in [0.2, 0.25) is 11.9 Å². The van der Waals surface area contributed by atoms with E-state index in [4.69, 9.17) is 0 Å². The maximum absolute atomic E-state index is 12.4. The van der Waals surface area contributed by atoms with E-state index in [0.29, 0.717) is 16.9 Å². The molecule has 3 aromatic heterocycles. The van der Waals surface area contributed by atoms with Crippen molar-refractivity contribution in [2.45, 2.75) is 35.9 Å². The molecule has 1 aliphatic rings. The van der Waals surface area contributed by atoms with Gasteiger partial charge < -0.3 is 15.7 Å². The Kier molecular flexibility index (Phi) is 6.48. The van der Waals surface area contributed by atoms with Gasteiger partial charge in [0.15, 0.2) is 11.0 Å². The van der Waals surface area contributed by atoms with Crippen molar-refractivity contribution >= 4 is 40.8 Å². The van der Waals surface area contributed by atoms with E-state index in [1.54, 1.807) is 0 Å². The Morgan fingerprint density at radius 2 is 2.12 bits per heavy atom. The number of aromatic amines is 1. The number of aliphatic hydroxyl groups is 1. The topological polar surface area (TPSA) is 123 Å². The van der Waals surface area contributed by atoms with E-state index in [1.165, 1.54) is 11.8 Å². The molecule has 1 amide bonds. The number of hydrogen-bond acceptors (Lipinski definition) is 8. The van der Waals surface area contributed by atoms with E-state index in [-0.39, 0.29) is 25.1 Å². The number of likely N-dealkylation sites (tertiary alicyclic amines) is 1. The van der Waals surface area contributed by atoms with Crippen LogP contribution in [-0.2, 0) is 4.79 Å². The highest BCUT2D eigenvalue weighted by Crippen LogP contribution is 2.28. The third-order valence-electron chi connectivity index (χ3n) is 5.72. The van der Waals surface area contributed by atoms with Crippen LogP contribution in [0.3, 0.4) is 0 Å². The summed E-state index contributed by atoms with van der Waals surface area (Å²) >= 11 is 1.44. The number of nitrogens with one attached hydrogen (secondary N) is 3. The fraction of sp³-hybridized carbons (Fsp3) is 0.304. The van der Waals surface area contributed by atoms with Gasteiger partial charge in [0, 0.05) is 34.6 Å². The third kappa shape index (κ3) is 5.06. The summed E-state index contributed by atoms with van der Waals surface area (Å²) in [5.74, 6) is 1.23. The van der Waals surface area contributed by atoms with Gasteiger partial charge in [0.25, 0.3) is 0 Å². The molecule has 1 aromatic carbocycles. The molecular formula is C23H26N8O2S. The summed E-state index contributed by atoms with van der Waals surface area (Å²) in [7, 11) is 0. The van der Waals surface area contributed by atoms with E-state index in [2.05, 4.69) is 30.8 Å². The zero-order valence-corrected chi connectivity index (χ0v) is 19.5. The highest BCUT2D eigenvalue weighted by Gasteiger charge is 2.25. The second kappa shape index (κ2) is 9.84. The second-order valence-electron chi connectivity index (χ2n) is 8.25. The van der Waals surface area contributed by atoms with E-state index >= 15 is 0 Å². The lowest BCUT2D eigenvalue weighted by atomic mass is 10.2. The van der Waals surface area contributed by atoms with Gasteiger partial charge in [-0.05, 0) is 74.5 Å². The molecule has 5 rings (SSSR count). The molecule has 176 valence electrons. The fourth-order valence-corrected chi connectivity index (χ4v) is 4.80. The Bertz CT molecular complexity index is 1290. The summed E-state index contributed by atoms with van der Waals surface area (Å²) in [6, 6.07) is 13.4. The van der Waals surface area contributed by atoms with Crippen LogP contribution in [0.1, 0.15) is 18.5 Å².